The van der Waals surface area contributed by atoms with Crippen molar-refractivity contribution in [3.8, 4) is 0 Å². The molecule has 11 nitrogen and oxygen atoms in total. The molecule has 12 heteroatoms. The summed E-state index contributed by atoms with van der Waals surface area (Å²) in [6.45, 7) is 5.84. The number of anilines is 1. The Labute approximate surface area is 199 Å². The molecule has 0 radical (unpaired) electrons. The predicted octanol–water partition coefficient (Wildman–Crippen LogP) is 4.86. The van der Waals surface area contributed by atoms with Crippen LogP contribution in [-0.4, -0.2) is 48.1 Å². The fourth-order valence-corrected chi connectivity index (χ4v) is 3.89. The maximum absolute atomic E-state index is 11.1. The molecule has 0 atom stereocenters. The number of nitro groups is 1. The number of hydrogen-bond donors (Lipinski definition) is 0. The summed E-state index contributed by atoms with van der Waals surface area (Å²) < 4.78 is 10.7. The van der Waals surface area contributed by atoms with E-state index in [-0.39, 0.29) is 30.8 Å². The van der Waals surface area contributed by atoms with Gasteiger partial charge < -0.3 is 14.4 Å². The Morgan fingerprint density at radius 3 is 2.32 bits per heavy atom. The van der Waals surface area contributed by atoms with E-state index in [1.807, 2.05) is 24.0 Å². The minimum absolute atomic E-state index is 0.00182. The highest BCUT2D eigenvalue weighted by atomic mass is 32.1. The van der Waals surface area contributed by atoms with E-state index < -0.39 is 4.92 Å². The molecule has 0 aliphatic rings. The van der Waals surface area contributed by atoms with Crippen LogP contribution in [0, 0.1) is 17.0 Å². The van der Waals surface area contributed by atoms with Crippen LogP contribution in [0.25, 0.3) is 10.2 Å². The molecule has 0 aliphatic carbocycles. The highest BCUT2D eigenvalue weighted by Gasteiger charge is 2.12. The topological polar surface area (TPSA) is 137 Å². The first-order valence-electron chi connectivity index (χ1n) is 10.3. The van der Waals surface area contributed by atoms with E-state index in [0.29, 0.717) is 34.1 Å². The third-order valence-corrected chi connectivity index (χ3v) is 5.60. The average Bonchev–Trinajstić information content (AvgIpc) is 3.19. The molecular weight excluding hydrogens is 462 g/mol. The number of carbonyl (C=O) groups excluding carboxylic acids is 2. The molecule has 0 saturated heterocycles. The smallest absolute Gasteiger partial charge is 0.302 e. The molecular formula is C22H23N5O6S. The number of thiazole rings is 1. The Balaban J connectivity index is 1.75. The summed E-state index contributed by atoms with van der Waals surface area (Å²) >= 11 is 1.22. The molecule has 0 fully saturated rings. The van der Waals surface area contributed by atoms with Crippen molar-refractivity contribution >= 4 is 55.7 Å². The minimum Gasteiger partial charge on any atom is -0.464 e. The molecule has 34 heavy (non-hydrogen) atoms. The summed E-state index contributed by atoms with van der Waals surface area (Å²) in [4.78, 5) is 39.0. The van der Waals surface area contributed by atoms with Crippen LogP contribution >= 0.6 is 11.3 Å². The van der Waals surface area contributed by atoms with Gasteiger partial charge in [-0.1, -0.05) is 11.3 Å². The van der Waals surface area contributed by atoms with Crippen LogP contribution in [0.15, 0.2) is 46.6 Å². The van der Waals surface area contributed by atoms with Crippen molar-refractivity contribution < 1.29 is 24.0 Å². The zero-order valence-electron chi connectivity index (χ0n) is 18.9. The quantitative estimate of drug-likeness (QED) is 0.172. The number of nitrogens with zero attached hydrogens (tertiary/aromatic N) is 5. The van der Waals surface area contributed by atoms with Crippen molar-refractivity contribution in [2.24, 2.45) is 10.2 Å². The van der Waals surface area contributed by atoms with E-state index in [0.717, 1.165) is 11.3 Å². The fourth-order valence-electron chi connectivity index (χ4n) is 3.07. The minimum atomic E-state index is -0.451. The molecule has 0 bridgehead atoms. The second-order valence-corrected chi connectivity index (χ2v) is 8.25. The lowest BCUT2D eigenvalue weighted by Crippen LogP contribution is -2.31. The first-order valence-corrected chi connectivity index (χ1v) is 11.1. The predicted molar refractivity (Wildman–Crippen MR) is 127 cm³/mol. The van der Waals surface area contributed by atoms with Gasteiger partial charge in [-0.05, 0) is 36.8 Å². The Bertz CT molecular complexity index is 1220. The number of nitro benzene ring substituents is 1. The third-order valence-electron chi connectivity index (χ3n) is 4.69. The first kappa shape index (κ1) is 24.7. The number of esters is 2. The van der Waals surface area contributed by atoms with Crippen LogP contribution in [0.1, 0.15) is 19.4 Å². The van der Waals surface area contributed by atoms with Crippen molar-refractivity contribution in [2.45, 2.75) is 20.8 Å². The zero-order valence-corrected chi connectivity index (χ0v) is 19.7. The van der Waals surface area contributed by atoms with Crippen LogP contribution in [0.4, 0.5) is 22.2 Å². The Morgan fingerprint density at radius 2 is 1.74 bits per heavy atom. The van der Waals surface area contributed by atoms with E-state index in [4.69, 9.17) is 9.47 Å². The summed E-state index contributed by atoms with van der Waals surface area (Å²) in [5, 5.41) is 19.8. The zero-order chi connectivity index (χ0) is 24.7. The largest absolute Gasteiger partial charge is 0.464 e. The van der Waals surface area contributed by atoms with Gasteiger partial charge in [-0.2, -0.15) is 0 Å². The van der Waals surface area contributed by atoms with Gasteiger partial charge in [0.25, 0.3) is 5.69 Å². The lowest BCUT2D eigenvalue weighted by atomic mass is 10.1. The number of aryl methyl sites for hydroxylation is 1. The monoisotopic (exact) mass is 485 g/mol. The Hall–Kier alpha value is -3.93. The lowest BCUT2D eigenvalue weighted by molar-refractivity contribution is -0.384. The lowest BCUT2D eigenvalue weighted by Gasteiger charge is -2.25. The molecule has 0 saturated carbocycles. The van der Waals surface area contributed by atoms with Gasteiger partial charge in [0.05, 0.1) is 33.9 Å². The number of hydrogen-bond acceptors (Lipinski definition) is 11. The van der Waals surface area contributed by atoms with Gasteiger partial charge >= 0.3 is 11.9 Å². The van der Waals surface area contributed by atoms with Crippen molar-refractivity contribution in [2.75, 3.05) is 31.2 Å². The SMILES string of the molecule is CC(=O)OCCN(CCOC(C)=O)c1ccc(N=Nc2nc3ccc([N+](=O)[O-])cc3s2)c(C)c1. The second kappa shape index (κ2) is 11.3. The number of carbonyl (C=O) groups is 2. The third kappa shape index (κ3) is 6.78. The van der Waals surface area contributed by atoms with Crippen LogP contribution in [0.3, 0.4) is 0 Å². The molecule has 0 amide bonds. The van der Waals surface area contributed by atoms with E-state index in [2.05, 4.69) is 15.2 Å². The van der Waals surface area contributed by atoms with Crippen LogP contribution in [-0.2, 0) is 19.1 Å². The molecule has 1 heterocycles. The number of fused-ring (bicyclic) bond motifs is 1. The van der Waals surface area contributed by atoms with Gasteiger partial charge in [0.1, 0.15) is 13.2 Å². The first-order chi connectivity index (χ1) is 16.2. The average molecular weight is 486 g/mol. The Morgan fingerprint density at radius 1 is 1.06 bits per heavy atom. The van der Waals surface area contributed by atoms with E-state index >= 15 is 0 Å². The number of ether oxygens (including phenoxy) is 2. The summed E-state index contributed by atoms with van der Waals surface area (Å²) in [6, 6.07) is 10.0. The molecule has 2 aromatic carbocycles. The molecule has 0 unspecified atom stereocenters. The number of benzene rings is 2. The van der Waals surface area contributed by atoms with Crippen molar-refractivity contribution in [1.29, 1.82) is 0 Å². The normalized spacial score (nSPS) is 11.0. The molecule has 0 spiro atoms. The highest BCUT2D eigenvalue weighted by Crippen LogP contribution is 2.32. The number of non-ortho nitro benzene ring substituents is 1. The van der Waals surface area contributed by atoms with Gasteiger partial charge in [0.15, 0.2) is 0 Å². The molecule has 0 aliphatic heterocycles. The number of aromatic nitrogens is 1. The maximum atomic E-state index is 11.1. The molecule has 178 valence electrons. The summed E-state index contributed by atoms with van der Waals surface area (Å²) in [7, 11) is 0. The Kier molecular flexibility index (Phi) is 8.19. The highest BCUT2D eigenvalue weighted by molar-refractivity contribution is 7.21. The second-order valence-electron chi connectivity index (χ2n) is 7.24. The summed E-state index contributed by atoms with van der Waals surface area (Å²) in [6.07, 6.45) is 0. The van der Waals surface area contributed by atoms with Gasteiger partial charge in [-0.15, -0.1) is 10.2 Å². The van der Waals surface area contributed by atoms with Crippen molar-refractivity contribution in [3.05, 3.63) is 52.1 Å². The fraction of sp³-hybridized carbons (Fsp3) is 0.318. The van der Waals surface area contributed by atoms with Gasteiger partial charge in [0.2, 0.25) is 5.13 Å². The number of rotatable bonds is 10. The van der Waals surface area contributed by atoms with Gasteiger partial charge in [-0.3, -0.25) is 19.7 Å². The van der Waals surface area contributed by atoms with Crippen molar-refractivity contribution in [3.63, 3.8) is 0 Å². The summed E-state index contributed by atoms with van der Waals surface area (Å²) in [5.41, 5.74) is 2.95. The molecule has 3 rings (SSSR count). The molecule has 3 aromatic rings. The number of azo groups is 1. The van der Waals surface area contributed by atoms with Crippen LogP contribution in [0.5, 0.6) is 0 Å². The molecule has 0 N–H and O–H groups in total. The van der Waals surface area contributed by atoms with Crippen LogP contribution in [0.2, 0.25) is 0 Å². The maximum Gasteiger partial charge on any atom is 0.302 e. The molecule has 1 aromatic heterocycles. The van der Waals surface area contributed by atoms with Crippen LogP contribution < -0.4 is 4.90 Å². The van der Waals surface area contributed by atoms with E-state index in [1.54, 1.807) is 12.1 Å². The standard InChI is InChI=1S/C22H23N5O6S/c1-14-12-17(26(8-10-32-15(2)28)9-11-33-16(3)29)4-6-19(14)24-25-22-23-20-7-5-18(27(30)31)13-21(20)34-22/h4-7,12-13H,8-11H2,1-3H3. The van der Waals surface area contributed by atoms with Gasteiger partial charge in [0, 0.05) is 31.7 Å². The summed E-state index contributed by atoms with van der Waals surface area (Å²) in [5.74, 6) is -0.729. The van der Waals surface area contributed by atoms with E-state index in [1.165, 1.54) is 37.3 Å². The van der Waals surface area contributed by atoms with Crippen molar-refractivity contribution in [1.82, 2.24) is 4.98 Å². The van der Waals surface area contributed by atoms with Gasteiger partial charge in [-0.25, -0.2) is 4.98 Å². The van der Waals surface area contributed by atoms with E-state index in [9.17, 15) is 19.7 Å².